The van der Waals surface area contributed by atoms with Crippen molar-refractivity contribution in [3.63, 3.8) is 0 Å². The number of benzene rings is 1. The minimum Gasteiger partial charge on any atom is -0.539 e. The number of ether oxygens (including phenoxy) is 1. The summed E-state index contributed by atoms with van der Waals surface area (Å²) < 4.78 is 18.0. The third kappa shape index (κ3) is 3.43. The van der Waals surface area contributed by atoms with Crippen LogP contribution in [0.15, 0.2) is 30.3 Å². The maximum absolute atomic E-state index is 13.1. The third-order valence-electron chi connectivity index (χ3n) is 2.57. The average Bonchev–Trinajstić information content (AvgIpc) is 3.01. The molecule has 17 heavy (non-hydrogen) atoms. The molecule has 0 N–H and O–H groups in total. The first-order valence-electron chi connectivity index (χ1n) is 4.94. The van der Waals surface area contributed by atoms with Gasteiger partial charge in [-0.25, -0.2) is 6.29 Å². The number of carbonyl (C=O) groups is 1. The van der Waals surface area contributed by atoms with Crippen molar-refractivity contribution < 1.29 is 51.4 Å². The molecule has 1 aliphatic carbocycles. The standard InChI is InChI=1S/C12H10FO3.Y/c13-12(8-14)6-10(12)11(15)16-7-9-4-2-1-3-5-9;/h1-5,10H,6-7H2;/q-1;/t10-,12-;/m1./s1. The smallest absolute Gasteiger partial charge is 0.309 e. The van der Waals surface area contributed by atoms with E-state index in [9.17, 15) is 14.0 Å². The number of rotatable bonds is 4. The molecule has 0 bridgehead atoms. The van der Waals surface area contributed by atoms with Gasteiger partial charge in [0.05, 0.1) is 5.92 Å². The van der Waals surface area contributed by atoms with Crippen LogP contribution >= 0.6 is 0 Å². The SMILES string of the molecule is O=[C-][C@]1(F)C[C@@H]1C(=O)OCc1ccccc1.[Y]. The molecule has 2 rings (SSSR count). The molecule has 0 spiro atoms. The fraction of sp³-hybridized carbons (Fsp3) is 0.333. The van der Waals surface area contributed by atoms with Crippen LogP contribution in [-0.2, 0) is 53.6 Å². The largest absolute Gasteiger partial charge is 0.539 e. The van der Waals surface area contributed by atoms with E-state index in [0.717, 1.165) is 5.56 Å². The summed E-state index contributed by atoms with van der Waals surface area (Å²) in [7, 11) is 0. The number of hydrogen-bond acceptors (Lipinski definition) is 3. The van der Waals surface area contributed by atoms with Crippen LogP contribution in [0.3, 0.4) is 0 Å². The predicted octanol–water partition coefficient (Wildman–Crippen LogP) is 1.57. The van der Waals surface area contributed by atoms with Crippen molar-refractivity contribution in [1.82, 2.24) is 0 Å². The Labute approximate surface area is 124 Å². The van der Waals surface area contributed by atoms with Crippen LogP contribution in [0.5, 0.6) is 0 Å². The van der Waals surface area contributed by atoms with Gasteiger partial charge in [0.25, 0.3) is 0 Å². The molecular formula is C12H10FO3Y-. The van der Waals surface area contributed by atoms with E-state index in [1.807, 2.05) is 18.2 Å². The van der Waals surface area contributed by atoms with Crippen LogP contribution in [-0.4, -0.2) is 17.9 Å². The van der Waals surface area contributed by atoms with Crippen molar-refractivity contribution in [1.29, 1.82) is 0 Å². The summed E-state index contributed by atoms with van der Waals surface area (Å²) in [5.74, 6) is -1.64. The van der Waals surface area contributed by atoms with Gasteiger partial charge >= 0.3 is 5.97 Å². The van der Waals surface area contributed by atoms with E-state index in [1.165, 1.54) is 6.29 Å². The maximum Gasteiger partial charge on any atom is 0.309 e. The fourth-order valence-corrected chi connectivity index (χ4v) is 1.45. The zero-order valence-electron chi connectivity index (χ0n) is 9.06. The first kappa shape index (κ1) is 14.5. The Morgan fingerprint density at radius 1 is 1.47 bits per heavy atom. The molecule has 3 nitrogen and oxygen atoms in total. The molecule has 1 aliphatic rings. The van der Waals surface area contributed by atoms with E-state index < -0.39 is 17.6 Å². The second kappa shape index (κ2) is 5.83. The van der Waals surface area contributed by atoms with Crippen molar-refractivity contribution >= 4 is 12.3 Å². The Balaban J connectivity index is 0.00000144. The predicted molar refractivity (Wildman–Crippen MR) is 53.9 cm³/mol. The normalized spacial score (nSPS) is 25.6. The van der Waals surface area contributed by atoms with Gasteiger partial charge in [-0.1, -0.05) is 30.3 Å². The minimum absolute atomic E-state index is 0. The Bertz CT molecular complexity index is 409. The van der Waals surface area contributed by atoms with Gasteiger partial charge in [0, 0.05) is 38.4 Å². The Morgan fingerprint density at radius 3 is 2.65 bits per heavy atom. The topological polar surface area (TPSA) is 43.4 Å². The van der Waals surface area contributed by atoms with Crippen LogP contribution in [0.1, 0.15) is 12.0 Å². The zero-order valence-corrected chi connectivity index (χ0v) is 11.9. The minimum atomic E-state index is -2.10. The van der Waals surface area contributed by atoms with Gasteiger partial charge in [0.2, 0.25) is 0 Å². The van der Waals surface area contributed by atoms with Gasteiger partial charge in [0.15, 0.2) is 0 Å². The zero-order chi connectivity index (χ0) is 11.6. The summed E-state index contributed by atoms with van der Waals surface area (Å²) in [4.78, 5) is 21.5. The molecule has 0 aromatic heterocycles. The Kier molecular flexibility index (Phi) is 4.96. The summed E-state index contributed by atoms with van der Waals surface area (Å²) in [5.41, 5.74) is -1.27. The maximum atomic E-state index is 13.1. The molecule has 2 atom stereocenters. The molecule has 0 aliphatic heterocycles. The molecular weight excluding hydrogens is 300 g/mol. The molecule has 0 heterocycles. The van der Waals surface area contributed by atoms with Crippen molar-refractivity contribution in [2.24, 2.45) is 5.92 Å². The third-order valence-corrected chi connectivity index (χ3v) is 2.57. The fourth-order valence-electron chi connectivity index (χ4n) is 1.45. The van der Waals surface area contributed by atoms with Crippen molar-refractivity contribution in [2.45, 2.75) is 18.7 Å². The van der Waals surface area contributed by atoms with E-state index >= 15 is 0 Å². The van der Waals surface area contributed by atoms with E-state index in [4.69, 9.17) is 4.74 Å². The van der Waals surface area contributed by atoms with Gasteiger partial charge in [0.1, 0.15) is 6.61 Å². The molecule has 1 saturated carbocycles. The molecule has 1 radical (unpaired) electrons. The van der Waals surface area contributed by atoms with Crippen LogP contribution in [0.25, 0.3) is 0 Å². The van der Waals surface area contributed by atoms with E-state index in [2.05, 4.69) is 0 Å². The van der Waals surface area contributed by atoms with Crippen molar-refractivity contribution in [3.05, 3.63) is 35.9 Å². The summed E-state index contributed by atoms with van der Waals surface area (Å²) in [5, 5.41) is 0. The summed E-state index contributed by atoms with van der Waals surface area (Å²) in [6.07, 6.45) is 1.12. The van der Waals surface area contributed by atoms with Crippen LogP contribution in [0.2, 0.25) is 0 Å². The van der Waals surface area contributed by atoms with Crippen molar-refractivity contribution in [3.8, 4) is 0 Å². The molecule has 1 aromatic rings. The van der Waals surface area contributed by atoms with Crippen LogP contribution in [0, 0.1) is 5.92 Å². The van der Waals surface area contributed by atoms with Crippen LogP contribution < -0.4 is 0 Å². The quantitative estimate of drug-likeness (QED) is 0.626. The molecule has 1 aromatic carbocycles. The van der Waals surface area contributed by atoms with E-state index in [0.29, 0.717) is 0 Å². The van der Waals surface area contributed by atoms with Gasteiger partial charge in [-0.05, 0) is 12.0 Å². The molecule has 5 heteroatoms. The second-order valence-corrected chi connectivity index (χ2v) is 3.81. The van der Waals surface area contributed by atoms with E-state index in [-0.39, 0.29) is 45.7 Å². The van der Waals surface area contributed by atoms with E-state index in [1.54, 1.807) is 12.1 Å². The Morgan fingerprint density at radius 2 is 2.12 bits per heavy atom. The average molecular weight is 310 g/mol. The first-order chi connectivity index (χ1) is 7.65. The second-order valence-electron chi connectivity index (χ2n) is 3.81. The number of carbonyl (C=O) groups excluding carboxylic acids is 2. The van der Waals surface area contributed by atoms with Crippen molar-refractivity contribution in [2.75, 3.05) is 0 Å². The number of alkyl halides is 1. The molecule has 1 fully saturated rings. The van der Waals surface area contributed by atoms with Gasteiger partial charge in [-0.15, -0.1) is 0 Å². The first-order valence-corrected chi connectivity index (χ1v) is 4.94. The molecule has 0 unspecified atom stereocenters. The van der Waals surface area contributed by atoms with Gasteiger partial charge in [-0.2, -0.15) is 0 Å². The molecule has 0 amide bonds. The summed E-state index contributed by atoms with van der Waals surface area (Å²) in [6, 6.07) is 9.08. The van der Waals surface area contributed by atoms with Gasteiger partial charge in [-0.3, -0.25) is 9.18 Å². The monoisotopic (exact) mass is 310 g/mol. The number of esters is 1. The van der Waals surface area contributed by atoms with Crippen LogP contribution in [0.4, 0.5) is 4.39 Å². The number of halogens is 1. The summed E-state index contributed by atoms with van der Waals surface area (Å²) >= 11 is 0. The summed E-state index contributed by atoms with van der Waals surface area (Å²) in [6.45, 7) is 0.102. The van der Waals surface area contributed by atoms with Gasteiger partial charge < -0.3 is 9.53 Å². The Hall–Kier alpha value is -0.606. The number of hydrogen-bond donors (Lipinski definition) is 0. The molecule has 87 valence electrons. The molecule has 0 saturated heterocycles.